The number of carbonyl (C=O) groups is 1. The molecular formula is C24H28N4O5S. The first-order valence-corrected chi connectivity index (χ1v) is 13.0. The van der Waals surface area contributed by atoms with Crippen molar-refractivity contribution in [2.24, 2.45) is 5.92 Å². The Morgan fingerprint density at radius 2 is 1.79 bits per heavy atom. The van der Waals surface area contributed by atoms with Crippen molar-refractivity contribution in [1.29, 1.82) is 0 Å². The molecule has 180 valence electrons. The first kappa shape index (κ1) is 22.8. The minimum absolute atomic E-state index is 0.0337. The van der Waals surface area contributed by atoms with E-state index in [1.54, 1.807) is 0 Å². The molecule has 1 amide bonds. The van der Waals surface area contributed by atoms with E-state index in [1.807, 2.05) is 23.1 Å². The number of oxazole rings is 1. The van der Waals surface area contributed by atoms with Gasteiger partial charge in [0.25, 0.3) is 0 Å². The van der Waals surface area contributed by atoms with Crippen LogP contribution in [0.15, 0.2) is 62.6 Å². The fraction of sp³-hybridized carbons (Fsp3) is 0.417. The van der Waals surface area contributed by atoms with Crippen LogP contribution in [0.3, 0.4) is 0 Å². The molecule has 1 aromatic heterocycles. The van der Waals surface area contributed by atoms with Crippen molar-refractivity contribution in [2.75, 3.05) is 39.3 Å². The Kier molecular flexibility index (Phi) is 6.28. The third-order valence-electron chi connectivity index (χ3n) is 6.70. The number of nitrogens with one attached hydrogen (secondary N) is 1. The maximum absolute atomic E-state index is 13.3. The Morgan fingerprint density at radius 3 is 2.56 bits per heavy atom. The van der Waals surface area contributed by atoms with E-state index >= 15 is 0 Å². The van der Waals surface area contributed by atoms with Gasteiger partial charge in [0.15, 0.2) is 5.58 Å². The lowest BCUT2D eigenvalue weighted by Gasteiger charge is -2.38. The fourth-order valence-electron chi connectivity index (χ4n) is 4.82. The van der Waals surface area contributed by atoms with Crippen molar-refractivity contribution in [2.45, 2.75) is 24.3 Å². The van der Waals surface area contributed by atoms with Gasteiger partial charge in [-0.25, -0.2) is 13.2 Å². The summed E-state index contributed by atoms with van der Waals surface area (Å²) in [6.07, 6.45) is 1.31. The molecule has 5 rings (SSSR count). The number of hydrogen-bond donors (Lipinski definition) is 1. The number of piperidine rings is 1. The summed E-state index contributed by atoms with van der Waals surface area (Å²) in [6, 6.07) is 14.6. The van der Waals surface area contributed by atoms with E-state index < -0.39 is 15.8 Å². The third kappa shape index (κ3) is 4.66. The standard InChI is InChI=1S/C24H28N4O5S/c29-23(27-13-11-26(12-14-27)16-18-5-2-1-3-6-18)19-7-4-10-28(17-19)34(31,32)20-8-9-21-22(15-20)33-24(30)25-21/h1-3,5-6,8-9,15,19H,4,7,10-14,16-17H2,(H,25,30)/t19-/m1/s1. The van der Waals surface area contributed by atoms with Gasteiger partial charge >= 0.3 is 5.76 Å². The lowest BCUT2D eigenvalue weighted by molar-refractivity contribution is -0.138. The number of amides is 1. The number of carbonyl (C=O) groups excluding carboxylic acids is 1. The molecule has 0 radical (unpaired) electrons. The number of aromatic amines is 1. The Labute approximate surface area is 198 Å². The van der Waals surface area contributed by atoms with Crippen LogP contribution in [-0.4, -0.2) is 72.7 Å². The first-order chi connectivity index (χ1) is 16.4. The van der Waals surface area contributed by atoms with E-state index in [4.69, 9.17) is 4.42 Å². The van der Waals surface area contributed by atoms with Crippen LogP contribution >= 0.6 is 0 Å². The summed E-state index contributed by atoms with van der Waals surface area (Å²) in [7, 11) is -3.81. The van der Waals surface area contributed by atoms with E-state index in [9.17, 15) is 18.0 Å². The summed E-state index contributed by atoms with van der Waals surface area (Å²) >= 11 is 0. The summed E-state index contributed by atoms with van der Waals surface area (Å²) in [4.78, 5) is 31.4. The largest absolute Gasteiger partial charge is 0.417 e. The SMILES string of the molecule is O=C([C@@H]1CCCN(S(=O)(=O)c2ccc3[nH]c(=O)oc3c2)C1)N1CCN(Cc2ccccc2)CC1. The van der Waals surface area contributed by atoms with Crippen molar-refractivity contribution in [1.82, 2.24) is 19.1 Å². The number of hydrogen-bond acceptors (Lipinski definition) is 6. The van der Waals surface area contributed by atoms with Gasteiger partial charge in [-0.3, -0.25) is 14.7 Å². The van der Waals surface area contributed by atoms with Gasteiger partial charge in [-0.15, -0.1) is 0 Å². The highest BCUT2D eigenvalue weighted by molar-refractivity contribution is 7.89. The van der Waals surface area contributed by atoms with Gasteiger partial charge in [0.05, 0.1) is 16.3 Å². The van der Waals surface area contributed by atoms with Crippen LogP contribution in [0.1, 0.15) is 18.4 Å². The zero-order valence-corrected chi connectivity index (χ0v) is 19.7. The highest BCUT2D eigenvalue weighted by Gasteiger charge is 2.36. The van der Waals surface area contributed by atoms with Crippen molar-refractivity contribution in [3.05, 3.63) is 64.6 Å². The Balaban J connectivity index is 1.22. The highest BCUT2D eigenvalue weighted by atomic mass is 32.2. The summed E-state index contributed by atoms with van der Waals surface area (Å²) in [5.41, 5.74) is 1.90. The number of nitrogens with zero attached hydrogens (tertiary/aromatic N) is 3. The second kappa shape index (κ2) is 9.36. The molecule has 0 spiro atoms. The first-order valence-electron chi connectivity index (χ1n) is 11.6. The molecule has 0 unspecified atom stereocenters. The molecule has 2 aromatic carbocycles. The van der Waals surface area contributed by atoms with Crippen LogP contribution in [-0.2, 0) is 21.4 Å². The van der Waals surface area contributed by atoms with Gasteiger partial charge in [-0.2, -0.15) is 4.31 Å². The number of rotatable bonds is 5. The van der Waals surface area contributed by atoms with Gasteiger partial charge in [0.2, 0.25) is 15.9 Å². The van der Waals surface area contributed by atoms with E-state index in [-0.39, 0.29) is 28.8 Å². The van der Waals surface area contributed by atoms with Gasteiger partial charge in [0, 0.05) is 51.9 Å². The monoisotopic (exact) mass is 484 g/mol. The average molecular weight is 485 g/mol. The number of benzene rings is 2. The Morgan fingerprint density at radius 1 is 1.03 bits per heavy atom. The van der Waals surface area contributed by atoms with Crippen LogP contribution in [0.5, 0.6) is 0 Å². The highest BCUT2D eigenvalue weighted by Crippen LogP contribution is 2.27. The second-order valence-corrected chi connectivity index (χ2v) is 10.9. The van der Waals surface area contributed by atoms with Crippen LogP contribution in [0.2, 0.25) is 0 Å². The van der Waals surface area contributed by atoms with Gasteiger partial charge in [-0.1, -0.05) is 30.3 Å². The molecule has 10 heteroatoms. The lowest BCUT2D eigenvalue weighted by atomic mass is 9.97. The molecule has 0 saturated carbocycles. The zero-order valence-electron chi connectivity index (χ0n) is 18.9. The van der Waals surface area contributed by atoms with Crippen molar-refractivity contribution in [3.8, 4) is 0 Å². The normalized spacial score (nSPS) is 20.6. The molecule has 3 heterocycles. The number of fused-ring (bicyclic) bond motifs is 1. The number of sulfonamides is 1. The quantitative estimate of drug-likeness (QED) is 0.593. The Bertz CT molecular complexity index is 1330. The summed E-state index contributed by atoms with van der Waals surface area (Å²) in [5.74, 6) is -0.943. The molecule has 2 saturated heterocycles. The van der Waals surface area contributed by atoms with Crippen LogP contribution in [0.25, 0.3) is 11.1 Å². The average Bonchev–Trinajstić information content (AvgIpc) is 3.24. The molecule has 1 atom stereocenters. The second-order valence-electron chi connectivity index (χ2n) is 8.96. The molecule has 9 nitrogen and oxygen atoms in total. The Hall–Kier alpha value is -2.95. The van der Waals surface area contributed by atoms with Gasteiger partial charge in [-0.05, 0) is 30.5 Å². The fourth-order valence-corrected chi connectivity index (χ4v) is 6.36. The van der Waals surface area contributed by atoms with Gasteiger partial charge in [0.1, 0.15) is 0 Å². The predicted octanol–water partition coefficient (Wildman–Crippen LogP) is 1.87. The number of aromatic nitrogens is 1. The third-order valence-corrected chi connectivity index (χ3v) is 8.56. The smallest absolute Gasteiger partial charge is 0.408 e. The van der Waals surface area contributed by atoms with Crippen LogP contribution in [0, 0.1) is 5.92 Å². The van der Waals surface area contributed by atoms with Gasteiger partial charge < -0.3 is 9.32 Å². The molecule has 2 aliphatic rings. The van der Waals surface area contributed by atoms with Crippen LogP contribution < -0.4 is 5.76 Å². The van der Waals surface area contributed by atoms with E-state index in [0.29, 0.717) is 38.0 Å². The van der Waals surface area contributed by atoms with Crippen LogP contribution in [0.4, 0.5) is 0 Å². The summed E-state index contributed by atoms with van der Waals surface area (Å²) < 4.78 is 32.9. The molecule has 1 N–H and O–H groups in total. The topological polar surface area (TPSA) is 107 Å². The molecule has 0 bridgehead atoms. The van der Waals surface area contributed by atoms with Crippen molar-refractivity contribution < 1.29 is 17.6 Å². The minimum Gasteiger partial charge on any atom is -0.408 e. The number of H-pyrrole nitrogens is 1. The molecule has 2 aliphatic heterocycles. The molecule has 0 aliphatic carbocycles. The zero-order chi connectivity index (χ0) is 23.7. The molecule has 3 aromatic rings. The summed E-state index contributed by atoms with van der Waals surface area (Å²) in [6.45, 7) is 4.31. The minimum atomic E-state index is -3.81. The van der Waals surface area contributed by atoms with E-state index in [1.165, 1.54) is 28.1 Å². The maximum atomic E-state index is 13.3. The van der Waals surface area contributed by atoms with Crippen molar-refractivity contribution >= 4 is 27.0 Å². The summed E-state index contributed by atoms with van der Waals surface area (Å²) in [5, 5.41) is 0. The number of piperazine rings is 1. The van der Waals surface area contributed by atoms with E-state index in [0.717, 1.165) is 19.6 Å². The lowest BCUT2D eigenvalue weighted by Crippen LogP contribution is -2.52. The molecule has 34 heavy (non-hydrogen) atoms. The molecule has 2 fully saturated rings. The van der Waals surface area contributed by atoms with E-state index in [2.05, 4.69) is 22.0 Å². The van der Waals surface area contributed by atoms with Crippen molar-refractivity contribution in [3.63, 3.8) is 0 Å². The molecular weight excluding hydrogens is 456 g/mol. The maximum Gasteiger partial charge on any atom is 0.417 e. The predicted molar refractivity (Wildman–Crippen MR) is 127 cm³/mol.